The molecule has 0 atom stereocenters. The minimum Gasteiger partial charge on any atom is -0.337 e. The van der Waals surface area contributed by atoms with Crippen LogP contribution in [0, 0.1) is 5.82 Å². The Morgan fingerprint density at radius 1 is 1.10 bits per heavy atom. The maximum atomic E-state index is 13.9. The maximum Gasteiger partial charge on any atom is 0.239 e. The van der Waals surface area contributed by atoms with E-state index in [-0.39, 0.29) is 11.6 Å². The predicted octanol–water partition coefficient (Wildman–Crippen LogP) is 3.45. The first kappa shape index (κ1) is 13.5. The van der Waals surface area contributed by atoms with E-state index in [4.69, 9.17) is 17.4 Å². The van der Waals surface area contributed by atoms with Crippen LogP contribution >= 0.6 is 11.6 Å². The standard InChI is InChI=1S/C14H11ClFN5/c15-8-5-6-12(10(16)7-8)18-13-9-3-1-2-4-11(9)19-14(20-13)21-17/h1-7H,17H2,(H2,18,19,20,21). The molecule has 0 aliphatic carbocycles. The van der Waals surface area contributed by atoms with Crippen molar-refractivity contribution >= 4 is 40.0 Å². The number of nitrogen functional groups attached to an aromatic ring is 1. The number of benzene rings is 2. The third kappa shape index (κ3) is 2.72. The largest absolute Gasteiger partial charge is 0.337 e. The number of fused-ring (bicyclic) bond motifs is 1. The first-order valence-corrected chi connectivity index (χ1v) is 6.50. The van der Waals surface area contributed by atoms with Gasteiger partial charge < -0.3 is 5.32 Å². The average Bonchev–Trinajstić information content (AvgIpc) is 2.49. The summed E-state index contributed by atoms with van der Waals surface area (Å²) in [5, 5.41) is 4.02. The fraction of sp³-hybridized carbons (Fsp3) is 0. The van der Waals surface area contributed by atoms with Crippen LogP contribution in [0.5, 0.6) is 0 Å². The Labute approximate surface area is 124 Å². The summed E-state index contributed by atoms with van der Waals surface area (Å²) in [6, 6.07) is 11.7. The van der Waals surface area contributed by atoms with Crippen molar-refractivity contribution in [1.29, 1.82) is 0 Å². The van der Waals surface area contributed by atoms with Gasteiger partial charge in [-0.2, -0.15) is 4.98 Å². The number of nitrogens with two attached hydrogens (primary N) is 1. The average molecular weight is 304 g/mol. The summed E-state index contributed by atoms with van der Waals surface area (Å²) in [7, 11) is 0. The van der Waals surface area contributed by atoms with Gasteiger partial charge in [-0.05, 0) is 30.3 Å². The highest BCUT2D eigenvalue weighted by Crippen LogP contribution is 2.27. The van der Waals surface area contributed by atoms with Crippen molar-refractivity contribution < 1.29 is 4.39 Å². The summed E-state index contributed by atoms with van der Waals surface area (Å²) in [5.74, 6) is 5.59. The van der Waals surface area contributed by atoms with Crippen molar-refractivity contribution in [2.24, 2.45) is 5.84 Å². The fourth-order valence-corrected chi connectivity index (χ4v) is 2.11. The Balaban J connectivity index is 2.10. The van der Waals surface area contributed by atoms with Gasteiger partial charge in [0.1, 0.15) is 11.6 Å². The molecule has 0 unspecified atom stereocenters. The molecule has 0 bridgehead atoms. The molecule has 4 N–H and O–H groups in total. The van der Waals surface area contributed by atoms with Crippen LogP contribution in [0.2, 0.25) is 5.02 Å². The van der Waals surface area contributed by atoms with E-state index in [0.29, 0.717) is 16.4 Å². The minimum absolute atomic E-state index is 0.241. The zero-order valence-electron chi connectivity index (χ0n) is 10.8. The van der Waals surface area contributed by atoms with Crippen molar-refractivity contribution in [3.63, 3.8) is 0 Å². The normalized spacial score (nSPS) is 10.6. The van der Waals surface area contributed by atoms with Crippen LogP contribution in [-0.2, 0) is 0 Å². The Morgan fingerprint density at radius 3 is 2.67 bits per heavy atom. The van der Waals surface area contributed by atoms with Crippen LogP contribution in [0.1, 0.15) is 0 Å². The van der Waals surface area contributed by atoms with Gasteiger partial charge in [0.2, 0.25) is 5.95 Å². The summed E-state index contributed by atoms with van der Waals surface area (Å²) < 4.78 is 13.9. The number of halogens is 2. The number of rotatable bonds is 3. The van der Waals surface area contributed by atoms with Crippen LogP contribution in [0.4, 0.5) is 21.8 Å². The van der Waals surface area contributed by atoms with E-state index < -0.39 is 5.82 Å². The SMILES string of the molecule is NNc1nc(Nc2ccc(Cl)cc2F)c2ccccc2n1. The van der Waals surface area contributed by atoms with Gasteiger partial charge in [0.25, 0.3) is 0 Å². The zero-order valence-corrected chi connectivity index (χ0v) is 11.5. The van der Waals surface area contributed by atoms with E-state index in [2.05, 4.69) is 20.7 Å². The molecular weight excluding hydrogens is 293 g/mol. The number of para-hydroxylation sites is 1. The molecule has 7 heteroatoms. The topological polar surface area (TPSA) is 75.9 Å². The van der Waals surface area contributed by atoms with E-state index in [1.165, 1.54) is 6.07 Å². The number of anilines is 3. The van der Waals surface area contributed by atoms with Gasteiger partial charge in [0, 0.05) is 10.4 Å². The van der Waals surface area contributed by atoms with E-state index >= 15 is 0 Å². The van der Waals surface area contributed by atoms with Gasteiger partial charge in [0.15, 0.2) is 0 Å². The molecule has 0 aliphatic heterocycles. The summed E-state index contributed by atoms with van der Waals surface area (Å²) >= 11 is 5.74. The molecule has 0 saturated heterocycles. The lowest BCUT2D eigenvalue weighted by Gasteiger charge is -2.11. The lowest BCUT2D eigenvalue weighted by molar-refractivity contribution is 0.632. The van der Waals surface area contributed by atoms with Crippen molar-refractivity contribution in [3.8, 4) is 0 Å². The second-order valence-electron chi connectivity index (χ2n) is 4.31. The number of hydrogen-bond acceptors (Lipinski definition) is 5. The molecule has 2 aromatic carbocycles. The van der Waals surface area contributed by atoms with Crippen LogP contribution in [0.15, 0.2) is 42.5 Å². The minimum atomic E-state index is -0.465. The van der Waals surface area contributed by atoms with Crippen LogP contribution < -0.4 is 16.6 Å². The highest BCUT2D eigenvalue weighted by molar-refractivity contribution is 6.30. The van der Waals surface area contributed by atoms with Crippen molar-refractivity contribution in [1.82, 2.24) is 9.97 Å². The number of hydrazine groups is 1. The molecule has 21 heavy (non-hydrogen) atoms. The molecule has 0 aliphatic rings. The molecule has 3 aromatic rings. The van der Waals surface area contributed by atoms with Gasteiger partial charge in [-0.25, -0.2) is 15.2 Å². The number of nitrogens with zero attached hydrogens (tertiary/aromatic N) is 2. The molecule has 5 nitrogen and oxygen atoms in total. The van der Waals surface area contributed by atoms with Crippen molar-refractivity contribution in [2.75, 3.05) is 10.7 Å². The number of nitrogens with one attached hydrogen (secondary N) is 2. The zero-order chi connectivity index (χ0) is 14.8. The Kier molecular flexibility index (Phi) is 3.55. The van der Waals surface area contributed by atoms with Crippen LogP contribution in [0.3, 0.4) is 0 Å². The first-order chi connectivity index (χ1) is 10.2. The molecule has 1 aromatic heterocycles. The molecule has 0 spiro atoms. The van der Waals surface area contributed by atoms with Crippen molar-refractivity contribution in [3.05, 3.63) is 53.3 Å². The van der Waals surface area contributed by atoms with Gasteiger partial charge >= 0.3 is 0 Å². The van der Waals surface area contributed by atoms with Gasteiger partial charge in [-0.15, -0.1) is 0 Å². The van der Waals surface area contributed by atoms with E-state index in [1.807, 2.05) is 24.3 Å². The third-order valence-electron chi connectivity index (χ3n) is 2.92. The molecule has 3 rings (SSSR count). The molecule has 106 valence electrons. The quantitative estimate of drug-likeness (QED) is 0.510. The summed E-state index contributed by atoms with van der Waals surface area (Å²) in [6.07, 6.45) is 0. The van der Waals surface area contributed by atoms with Gasteiger partial charge in [-0.3, -0.25) is 5.43 Å². The Hall–Kier alpha value is -2.44. The second kappa shape index (κ2) is 5.51. The third-order valence-corrected chi connectivity index (χ3v) is 3.15. The summed E-state index contributed by atoms with van der Waals surface area (Å²) in [6.45, 7) is 0. The van der Waals surface area contributed by atoms with E-state index in [9.17, 15) is 4.39 Å². The van der Waals surface area contributed by atoms with Gasteiger partial charge in [0.05, 0.1) is 11.2 Å². The van der Waals surface area contributed by atoms with E-state index in [1.54, 1.807) is 12.1 Å². The molecule has 0 radical (unpaired) electrons. The lowest BCUT2D eigenvalue weighted by Crippen LogP contribution is -2.11. The van der Waals surface area contributed by atoms with Gasteiger partial charge in [-0.1, -0.05) is 23.7 Å². The molecule has 0 saturated carbocycles. The smallest absolute Gasteiger partial charge is 0.239 e. The number of aromatic nitrogens is 2. The second-order valence-corrected chi connectivity index (χ2v) is 4.74. The highest BCUT2D eigenvalue weighted by atomic mass is 35.5. The fourth-order valence-electron chi connectivity index (χ4n) is 1.95. The molecule has 1 heterocycles. The van der Waals surface area contributed by atoms with E-state index in [0.717, 1.165) is 5.39 Å². The monoisotopic (exact) mass is 303 g/mol. The van der Waals surface area contributed by atoms with Crippen molar-refractivity contribution in [2.45, 2.75) is 0 Å². The van der Waals surface area contributed by atoms with Crippen LogP contribution in [0.25, 0.3) is 10.9 Å². The maximum absolute atomic E-state index is 13.9. The summed E-state index contributed by atoms with van der Waals surface area (Å²) in [4.78, 5) is 8.45. The summed E-state index contributed by atoms with van der Waals surface area (Å²) in [5.41, 5.74) is 3.35. The molecule has 0 amide bonds. The number of hydrogen-bond donors (Lipinski definition) is 3. The molecule has 0 fully saturated rings. The first-order valence-electron chi connectivity index (χ1n) is 6.13. The van der Waals surface area contributed by atoms with Crippen LogP contribution in [-0.4, -0.2) is 9.97 Å². The Bertz CT molecular complexity index is 808. The lowest BCUT2D eigenvalue weighted by atomic mass is 10.2. The molecular formula is C14H11ClFN5. The Morgan fingerprint density at radius 2 is 1.90 bits per heavy atom. The predicted molar refractivity (Wildman–Crippen MR) is 82.0 cm³/mol. The highest BCUT2D eigenvalue weighted by Gasteiger charge is 2.09.